The van der Waals surface area contributed by atoms with Crippen LogP contribution in [0, 0.1) is 6.92 Å². The molecule has 3 heterocycles. The minimum Gasteiger partial charge on any atom is -0.367 e. The van der Waals surface area contributed by atoms with E-state index in [1.54, 1.807) is 20.2 Å². The second-order valence-electron chi connectivity index (χ2n) is 9.46. The number of hydrogen-bond donors (Lipinski definition) is 0. The van der Waals surface area contributed by atoms with Crippen LogP contribution in [0.25, 0.3) is 11.6 Å². The number of halogens is 2. The Kier molecular flexibility index (Phi) is 11.6. The molecule has 5 nitrogen and oxygen atoms in total. The largest absolute Gasteiger partial charge is 0.367 e. The molecule has 1 aliphatic rings. The summed E-state index contributed by atoms with van der Waals surface area (Å²) in [5.74, 6) is -0.249. The van der Waals surface area contributed by atoms with Gasteiger partial charge < -0.3 is 4.90 Å². The quantitative estimate of drug-likeness (QED) is 0.356. The number of rotatable bonds is 7. The number of allylic oxidation sites excluding steroid dienone is 7. The van der Waals surface area contributed by atoms with E-state index in [9.17, 15) is 13.6 Å². The average molecular weight is 523 g/mol. The van der Waals surface area contributed by atoms with Crippen molar-refractivity contribution >= 4 is 11.6 Å². The number of aryl methyl sites for hydroxylation is 1. The van der Waals surface area contributed by atoms with Crippen LogP contribution in [0.3, 0.4) is 0 Å². The van der Waals surface area contributed by atoms with Crippen molar-refractivity contribution in [1.82, 2.24) is 19.4 Å². The van der Waals surface area contributed by atoms with Gasteiger partial charge in [0.1, 0.15) is 11.7 Å². The van der Waals surface area contributed by atoms with Crippen LogP contribution in [0.15, 0.2) is 70.9 Å². The van der Waals surface area contributed by atoms with Crippen molar-refractivity contribution in [3.8, 4) is 0 Å². The molecular weight excluding hydrogens is 482 g/mol. The Labute approximate surface area is 225 Å². The predicted octanol–water partition coefficient (Wildman–Crippen LogP) is 7.40. The first-order valence-corrected chi connectivity index (χ1v) is 13.1. The van der Waals surface area contributed by atoms with Crippen LogP contribution in [0.1, 0.15) is 75.8 Å². The van der Waals surface area contributed by atoms with Crippen LogP contribution >= 0.6 is 0 Å². The zero-order chi connectivity index (χ0) is 28.4. The molecule has 204 valence electrons. The second-order valence-corrected chi connectivity index (χ2v) is 9.46. The number of nitrogens with zero attached hydrogens (tertiary/aromatic N) is 4. The molecule has 0 bridgehead atoms. The van der Waals surface area contributed by atoms with Crippen molar-refractivity contribution in [3.63, 3.8) is 0 Å². The molecule has 0 fully saturated rings. The van der Waals surface area contributed by atoms with Crippen molar-refractivity contribution in [2.45, 2.75) is 67.3 Å². The summed E-state index contributed by atoms with van der Waals surface area (Å²) in [6, 6.07) is 3.44. The van der Waals surface area contributed by atoms with Gasteiger partial charge in [0.2, 0.25) is 0 Å². The predicted molar refractivity (Wildman–Crippen MR) is 154 cm³/mol. The highest BCUT2D eigenvalue weighted by Crippen LogP contribution is 2.28. The molecule has 0 unspecified atom stereocenters. The molecule has 0 radical (unpaired) electrons. The highest BCUT2D eigenvalue weighted by molar-refractivity contribution is 5.76. The van der Waals surface area contributed by atoms with Crippen molar-refractivity contribution in [2.75, 3.05) is 6.54 Å². The lowest BCUT2D eigenvalue weighted by Crippen LogP contribution is -2.30. The summed E-state index contributed by atoms with van der Waals surface area (Å²) in [5, 5.41) is 0. The van der Waals surface area contributed by atoms with Crippen molar-refractivity contribution < 1.29 is 8.78 Å². The van der Waals surface area contributed by atoms with Gasteiger partial charge in [-0.2, -0.15) is 0 Å². The molecule has 1 aliphatic heterocycles. The van der Waals surface area contributed by atoms with Gasteiger partial charge in [-0.25, -0.2) is 13.8 Å². The van der Waals surface area contributed by atoms with E-state index in [0.717, 1.165) is 35.5 Å². The third kappa shape index (κ3) is 8.47. The van der Waals surface area contributed by atoms with Gasteiger partial charge in [-0.1, -0.05) is 33.8 Å². The molecule has 0 atom stereocenters. The minimum absolute atomic E-state index is 0.112. The molecule has 0 aromatic carbocycles. The molecule has 0 saturated carbocycles. The van der Waals surface area contributed by atoms with E-state index in [2.05, 4.69) is 35.3 Å². The summed E-state index contributed by atoms with van der Waals surface area (Å²) >= 11 is 0. The third-order valence-electron chi connectivity index (χ3n) is 5.90. The molecule has 2 aromatic rings. The first-order chi connectivity index (χ1) is 18.0. The molecule has 2 aromatic heterocycles. The molecule has 0 N–H and O–H groups in total. The minimum atomic E-state index is -0.410. The van der Waals surface area contributed by atoms with Gasteiger partial charge in [0.25, 0.3) is 5.56 Å². The standard InChI is InChI=1S/C28H32F2N4O.C3H8/c1-7-8-25(30)15-22(12-19(3)29)23-14-24-17-34(10-9-26(24)31-16-23)21(5)18(2)11-27-32-20(4)13-28(35)33(27)6;1-3-2/h8,11-16H,5,7,9-10,17H2,1-4,6H3;3H2,1-2H3/b18-11-,19-12+,22-15+,25-8-;. The lowest BCUT2D eigenvalue weighted by Gasteiger charge is -2.32. The topological polar surface area (TPSA) is 51.0 Å². The van der Waals surface area contributed by atoms with Crippen molar-refractivity contribution in [3.05, 3.63) is 105 Å². The van der Waals surface area contributed by atoms with Crippen LogP contribution in [0.2, 0.25) is 0 Å². The van der Waals surface area contributed by atoms with Crippen LogP contribution in [-0.4, -0.2) is 26.0 Å². The fourth-order valence-electron chi connectivity index (χ4n) is 3.97. The molecule has 38 heavy (non-hydrogen) atoms. The second kappa shape index (κ2) is 14.4. The summed E-state index contributed by atoms with van der Waals surface area (Å²) < 4.78 is 29.4. The van der Waals surface area contributed by atoms with Crippen LogP contribution in [0.4, 0.5) is 8.78 Å². The van der Waals surface area contributed by atoms with Gasteiger partial charge in [0.15, 0.2) is 0 Å². The van der Waals surface area contributed by atoms with E-state index in [1.165, 1.54) is 42.2 Å². The molecule has 3 rings (SSSR count). The highest BCUT2D eigenvalue weighted by Gasteiger charge is 2.20. The maximum absolute atomic E-state index is 14.2. The summed E-state index contributed by atoms with van der Waals surface area (Å²) in [4.78, 5) is 23.3. The Morgan fingerprint density at radius 2 is 1.84 bits per heavy atom. The Bertz CT molecular complexity index is 1330. The summed E-state index contributed by atoms with van der Waals surface area (Å²) in [6.07, 6.45) is 10.2. The van der Waals surface area contributed by atoms with Gasteiger partial charge in [0, 0.05) is 61.5 Å². The van der Waals surface area contributed by atoms with E-state index in [0.29, 0.717) is 35.6 Å². The maximum Gasteiger partial charge on any atom is 0.253 e. The summed E-state index contributed by atoms with van der Waals surface area (Å²) in [6.45, 7) is 16.7. The summed E-state index contributed by atoms with van der Waals surface area (Å²) in [7, 11) is 1.69. The number of pyridine rings is 1. The molecule has 0 aliphatic carbocycles. The number of aromatic nitrogens is 3. The Hall–Kier alpha value is -3.61. The van der Waals surface area contributed by atoms with Gasteiger partial charge in [-0.05, 0) is 74.3 Å². The average Bonchev–Trinajstić information content (AvgIpc) is 2.85. The molecule has 7 heteroatoms. The van der Waals surface area contributed by atoms with Crippen molar-refractivity contribution in [2.24, 2.45) is 7.05 Å². The van der Waals surface area contributed by atoms with Gasteiger partial charge in [-0.15, -0.1) is 0 Å². The fraction of sp³-hybridized carbons (Fsp3) is 0.387. The maximum atomic E-state index is 14.2. The first-order valence-electron chi connectivity index (χ1n) is 13.1. The number of fused-ring (bicyclic) bond motifs is 1. The first kappa shape index (κ1) is 30.6. The monoisotopic (exact) mass is 522 g/mol. The molecule has 0 amide bonds. The van der Waals surface area contributed by atoms with Gasteiger partial charge >= 0.3 is 0 Å². The zero-order valence-corrected chi connectivity index (χ0v) is 23.7. The number of hydrogen-bond acceptors (Lipinski definition) is 4. The smallest absolute Gasteiger partial charge is 0.253 e. The van der Waals surface area contributed by atoms with Crippen molar-refractivity contribution in [1.29, 1.82) is 0 Å². The van der Waals surface area contributed by atoms with Crippen LogP contribution in [-0.2, 0) is 20.0 Å². The Morgan fingerprint density at radius 1 is 1.16 bits per heavy atom. The lowest BCUT2D eigenvalue weighted by atomic mass is 9.98. The lowest BCUT2D eigenvalue weighted by molar-refractivity contribution is 0.326. The third-order valence-corrected chi connectivity index (χ3v) is 5.90. The normalized spacial score (nSPS) is 14.6. The molecular formula is C31H40F2N4O. The van der Waals surface area contributed by atoms with E-state index in [1.807, 2.05) is 26.0 Å². The van der Waals surface area contributed by atoms with Gasteiger partial charge in [0.05, 0.1) is 5.83 Å². The molecule has 0 saturated heterocycles. The van der Waals surface area contributed by atoms with Crippen LogP contribution in [0.5, 0.6) is 0 Å². The SMILES string of the molecule is C=C(/C(C)=C\c1nc(C)cc(=O)n1C)N1CCc2ncc(C(/C=C(\C)F)=C/C(F)=C/CC)cc2C1.CCC. The molecule has 0 spiro atoms. The van der Waals surface area contributed by atoms with E-state index < -0.39 is 11.7 Å². The van der Waals surface area contributed by atoms with Crippen LogP contribution < -0.4 is 5.56 Å². The van der Waals surface area contributed by atoms with E-state index >= 15 is 0 Å². The zero-order valence-electron chi connectivity index (χ0n) is 23.7. The van der Waals surface area contributed by atoms with Gasteiger partial charge in [-0.3, -0.25) is 14.3 Å². The Morgan fingerprint density at radius 3 is 2.47 bits per heavy atom. The van der Waals surface area contributed by atoms with E-state index in [4.69, 9.17) is 0 Å². The van der Waals surface area contributed by atoms with E-state index in [-0.39, 0.29) is 5.56 Å². The highest BCUT2D eigenvalue weighted by atomic mass is 19.1. The summed E-state index contributed by atoms with van der Waals surface area (Å²) in [5.41, 5.74) is 5.30. The fourth-order valence-corrected chi connectivity index (χ4v) is 3.97. The Balaban J connectivity index is 0.00000161.